The van der Waals surface area contributed by atoms with Crippen LogP contribution < -0.4 is 5.32 Å². The number of nitrogens with zero attached hydrogens (tertiary/aromatic N) is 1. The molecule has 1 saturated heterocycles. The van der Waals surface area contributed by atoms with Crippen LogP contribution in [0, 0.1) is 5.92 Å². The van der Waals surface area contributed by atoms with Crippen molar-refractivity contribution in [2.45, 2.75) is 49.5 Å². The van der Waals surface area contributed by atoms with E-state index >= 15 is 0 Å². The first-order chi connectivity index (χ1) is 12.4. The monoisotopic (exact) mass is 380 g/mol. The molecule has 2 fully saturated rings. The number of carbonyl (C=O) groups is 2. The predicted molar refractivity (Wildman–Crippen MR) is 95.3 cm³/mol. The summed E-state index contributed by atoms with van der Waals surface area (Å²) in [6.07, 6.45) is 4.32. The zero-order chi connectivity index (χ0) is 18.7. The molecule has 1 aliphatic carbocycles. The van der Waals surface area contributed by atoms with Gasteiger partial charge in [0, 0.05) is 24.7 Å². The zero-order valence-corrected chi connectivity index (χ0v) is 15.4. The Bertz CT molecular complexity index is 787. The second kappa shape index (κ2) is 7.75. The lowest BCUT2D eigenvalue weighted by atomic mass is 10.1. The maximum atomic E-state index is 12.8. The fourth-order valence-corrected chi connectivity index (χ4v) is 5.22. The summed E-state index contributed by atoms with van der Waals surface area (Å²) in [6.45, 7) is 1.02. The molecule has 0 radical (unpaired) electrons. The SMILES string of the molecule is O=C(N[C@H]1CC[C@@H](C(=O)O)C1)c1cccc(S(=O)(=O)N2CCCCC2)c1. The molecule has 0 aromatic heterocycles. The molecule has 1 aliphatic heterocycles. The normalized spacial score (nSPS) is 24.3. The van der Waals surface area contributed by atoms with Gasteiger partial charge in [-0.2, -0.15) is 4.31 Å². The number of carboxylic acids is 1. The molecule has 1 saturated carbocycles. The van der Waals surface area contributed by atoms with Gasteiger partial charge in [0.05, 0.1) is 10.8 Å². The first-order valence-electron chi connectivity index (χ1n) is 9.02. The molecule has 0 bridgehead atoms. The average Bonchev–Trinajstić information content (AvgIpc) is 3.11. The van der Waals surface area contributed by atoms with Gasteiger partial charge in [-0.05, 0) is 50.3 Å². The Kier molecular flexibility index (Phi) is 5.62. The summed E-state index contributed by atoms with van der Waals surface area (Å²) in [5, 5.41) is 11.9. The van der Waals surface area contributed by atoms with Gasteiger partial charge in [-0.1, -0.05) is 12.5 Å². The Balaban J connectivity index is 1.70. The summed E-state index contributed by atoms with van der Waals surface area (Å²) < 4.78 is 27.0. The van der Waals surface area contributed by atoms with Crippen molar-refractivity contribution in [1.82, 2.24) is 9.62 Å². The van der Waals surface area contributed by atoms with Crippen LogP contribution in [0.1, 0.15) is 48.9 Å². The van der Waals surface area contributed by atoms with E-state index in [4.69, 9.17) is 5.11 Å². The van der Waals surface area contributed by atoms with Crippen LogP contribution in [0.15, 0.2) is 29.2 Å². The molecule has 142 valence electrons. The smallest absolute Gasteiger partial charge is 0.306 e. The highest BCUT2D eigenvalue weighted by Crippen LogP contribution is 2.26. The molecule has 1 heterocycles. The number of hydrogen-bond donors (Lipinski definition) is 2. The van der Waals surface area contributed by atoms with Crippen molar-refractivity contribution in [3.05, 3.63) is 29.8 Å². The molecule has 2 N–H and O–H groups in total. The van der Waals surface area contributed by atoms with E-state index < -0.39 is 21.9 Å². The Morgan fingerprint density at radius 2 is 1.85 bits per heavy atom. The van der Waals surface area contributed by atoms with Crippen molar-refractivity contribution >= 4 is 21.9 Å². The van der Waals surface area contributed by atoms with Crippen LogP contribution in [0.2, 0.25) is 0 Å². The van der Waals surface area contributed by atoms with Gasteiger partial charge in [0.15, 0.2) is 0 Å². The number of piperidine rings is 1. The van der Waals surface area contributed by atoms with Gasteiger partial charge < -0.3 is 10.4 Å². The fourth-order valence-electron chi connectivity index (χ4n) is 3.66. The molecular formula is C18H24N2O5S. The van der Waals surface area contributed by atoms with E-state index in [1.54, 1.807) is 12.1 Å². The molecule has 8 heteroatoms. The van der Waals surface area contributed by atoms with E-state index in [9.17, 15) is 18.0 Å². The van der Waals surface area contributed by atoms with Gasteiger partial charge in [0.2, 0.25) is 10.0 Å². The fraction of sp³-hybridized carbons (Fsp3) is 0.556. The topological polar surface area (TPSA) is 104 Å². The number of sulfonamides is 1. The maximum absolute atomic E-state index is 12.8. The Morgan fingerprint density at radius 3 is 2.50 bits per heavy atom. The summed E-state index contributed by atoms with van der Waals surface area (Å²) in [6, 6.07) is 5.87. The number of carboxylic acid groups (broad SMARTS) is 1. The summed E-state index contributed by atoms with van der Waals surface area (Å²) in [5.41, 5.74) is 0.279. The number of nitrogens with one attached hydrogen (secondary N) is 1. The molecule has 1 amide bonds. The summed E-state index contributed by atoms with van der Waals surface area (Å²) in [4.78, 5) is 23.6. The lowest BCUT2D eigenvalue weighted by Crippen LogP contribution is -2.36. The molecule has 2 atom stereocenters. The molecule has 0 spiro atoms. The Hall–Kier alpha value is -1.93. The Labute approximate surface area is 153 Å². The quantitative estimate of drug-likeness (QED) is 0.811. The number of benzene rings is 1. The van der Waals surface area contributed by atoms with Crippen molar-refractivity contribution in [3.8, 4) is 0 Å². The van der Waals surface area contributed by atoms with Gasteiger partial charge in [0.25, 0.3) is 5.91 Å². The van der Waals surface area contributed by atoms with Gasteiger partial charge >= 0.3 is 5.97 Å². The molecular weight excluding hydrogens is 356 g/mol. The minimum atomic E-state index is -3.59. The number of rotatable bonds is 5. The molecule has 1 aromatic rings. The van der Waals surface area contributed by atoms with Crippen molar-refractivity contribution in [2.24, 2.45) is 5.92 Å². The molecule has 2 aliphatic rings. The molecule has 3 rings (SSSR count). The van der Waals surface area contributed by atoms with Crippen molar-refractivity contribution in [3.63, 3.8) is 0 Å². The molecule has 7 nitrogen and oxygen atoms in total. The number of hydrogen-bond acceptors (Lipinski definition) is 4. The van der Waals surface area contributed by atoms with E-state index in [2.05, 4.69) is 5.32 Å². The van der Waals surface area contributed by atoms with E-state index in [0.29, 0.717) is 32.4 Å². The van der Waals surface area contributed by atoms with Crippen LogP contribution in [0.4, 0.5) is 0 Å². The summed E-state index contributed by atoms with van der Waals surface area (Å²) >= 11 is 0. The highest BCUT2D eigenvalue weighted by molar-refractivity contribution is 7.89. The molecule has 0 unspecified atom stereocenters. The Morgan fingerprint density at radius 1 is 1.12 bits per heavy atom. The summed E-state index contributed by atoms with van der Waals surface area (Å²) in [5.74, 6) is -1.63. The minimum absolute atomic E-state index is 0.127. The highest BCUT2D eigenvalue weighted by atomic mass is 32.2. The van der Waals surface area contributed by atoms with Crippen LogP contribution in [0.25, 0.3) is 0 Å². The molecule has 26 heavy (non-hydrogen) atoms. The third-order valence-electron chi connectivity index (χ3n) is 5.17. The lowest BCUT2D eigenvalue weighted by Gasteiger charge is -2.26. The number of amides is 1. The van der Waals surface area contributed by atoms with Gasteiger partial charge in [-0.15, -0.1) is 0 Å². The van der Waals surface area contributed by atoms with E-state index in [-0.39, 0.29) is 22.4 Å². The highest BCUT2D eigenvalue weighted by Gasteiger charge is 2.31. The largest absolute Gasteiger partial charge is 0.481 e. The zero-order valence-electron chi connectivity index (χ0n) is 14.6. The van der Waals surface area contributed by atoms with Crippen LogP contribution in [0.3, 0.4) is 0 Å². The average molecular weight is 380 g/mol. The number of aliphatic carboxylic acids is 1. The van der Waals surface area contributed by atoms with Crippen LogP contribution >= 0.6 is 0 Å². The molecule has 1 aromatic carbocycles. The maximum Gasteiger partial charge on any atom is 0.306 e. The van der Waals surface area contributed by atoms with Crippen LogP contribution in [0.5, 0.6) is 0 Å². The lowest BCUT2D eigenvalue weighted by molar-refractivity contribution is -0.141. The van der Waals surface area contributed by atoms with E-state index in [1.165, 1.54) is 16.4 Å². The number of carbonyl (C=O) groups excluding carboxylic acids is 1. The standard InChI is InChI=1S/C18H24N2O5S/c21-17(19-15-8-7-14(11-15)18(22)23)13-5-4-6-16(12-13)26(24,25)20-9-2-1-3-10-20/h4-6,12,14-15H,1-3,7-11H2,(H,19,21)(H,22,23)/t14-,15+/m1/s1. The first kappa shape index (κ1) is 18.8. The first-order valence-corrected chi connectivity index (χ1v) is 10.5. The van der Waals surface area contributed by atoms with Gasteiger partial charge in [0.1, 0.15) is 0 Å². The second-order valence-corrected chi connectivity index (χ2v) is 8.95. The van der Waals surface area contributed by atoms with E-state index in [0.717, 1.165) is 19.3 Å². The predicted octanol–water partition coefficient (Wildman–Crippen LogP) is 1.84. The minimum Gasteiger partial charge on any atom is -0.481 e. The third-order valence-corrected chi connectivity index (χ3v) is 7.06. The van der Waals surface area contributed by atoms with Crippen molar-refractivity contribution < 1.29 is 23.1 Å². The second-order valence-electron chi connectivity index (χ2n) is 7.01. The third kappa shape index (κ3) is 4.07. The van der Waals surface area contributed by atoms with Gasteiger partial charge in [-0.25, -0.2) is 8.42 Å². The van der Waals surface area contributed by atoms with Gasteiger partial charge in [-0.3, -0.25) is 9.59 Å². The van der Waals surface area contributed by atoms with Crippen molar-refractivity contribution in [1.29, 1.82) is 0 Å². The summed E-state index contributed by atoms with van der Waals surface area (Å²) in [7, 11) is -3.59. The van der Waals surface area contributed by atoms with E-state index in [1.807, 2.05) is 0 Å². The van der Waals surface area contributed by atoms with Crippen LogP contribution in [-0.4, -0.2) is 48.8 Å². The van der Waals surface area contributed by atoms with Crippen molar-refractivity contribution in [2.75, 3.05) is 13.1 Å². The van der Waals surface area contributed by atoms with Crippen LogP contribution in [-0.2, 0) is 14.8 Å².